The van der Waals surface area contributed by atoms with Crippen molar-refractivity contribution in [1.82, 2.24) is 4.98 Å². The van der Waals surface area contributed by atoms with E-state index in [-0.39, 0.29) is 6.04 Å². The van der Waals surface area contributed by atoms with Crippen LogP contribution in [0.25, 0.3) is 0 Å². The highest BCUT2D eigenvalue weighted by Crippen LogP contribution is 2.32. The van der Waals surface area contributed by atoms with Crippen molar-refractivity contribution in [2.75, 3.05) is 0 Å². The largest absolute Gasteiger partial charge is 0.498 e. The van der Waals surface area contributed by atoms with Gasteiger partial charge in [0.2, 0.25) is 0 Å². The van der Waals surface area contributed by atoms with E-state index in [1.54, 1.807) is 18.5 Å². The lowest BCUT2D eigenvalue weighted by Crippen LogP contribution is -2.25. The van der Waals surface area contributed by atoms with Crippen LogP contribution in [-0.4, -0.2) is 18.8 Å². The normalized spacial score (nSPS) is 27.7. The van der Waals surface area contributed by atoms with Crippen LogP contribution in [0.5, 0.6) is 5.75 Å². The first-order valence-corrected chi connectivity index (χ1v) is 3.41. The van der Waals surface area contributed by atoms with E-state index in [1.165, 1.54) is 0 Å². The highest BCUT2D eigenvalue weighted by molar-refractivity contribution is 6.12. The van der Waals surface area contributed by atoms with Gasteiger partial charge in [-0.2, -0.15) is 0 Å². The summed E-state index contributed by atoms with van der Waals surface area (Å²) < 4.78 is 5.23. The molecule has 0 aliphatic carbocycles. The van der Waals surface area contributed by atoms with Gasteiger partial charge in [0.1, 0.15) is 13.6 Å². The van der Waals surface area contributed by atoms with Crippen molar-refractivity contribution in [3.63, 3.8) is 0 Å². The van der Waals surface area contributed by atoms with Crippen LogP contribution in [0.15, 0.2) is 18.5 Å². The molecule has 2 radical (unpaired) electrons. The van der Waals surface area contributed by atoms with Crippen molar-refractivity contribution in [2.24, 2.45) is 5.73 Å². The second-order valence-electron chi connectivity index (χ2n) is 2.52. The van der Waals surface area contributed by atoms with Crippen molar-refractivity contribution < 1.29 is 4.74 Å². The van der Waals surface area contributed by atoms with E-state index in [4.69, 9.17) is 18.3 Å². The molecular weight excluding hydrogens is 139 g/mol. The molecule has 54 valence electrons. The van der Waals surface area contributed by atoms with E-state index in [0.717, 1.165) is 11.3 Å². The van der Waals surface area contributed by atoms with Gasteiger partial charge in [-0.3, -0.25) is 4.98 Å². The molecule has 1 aromatic rings. The van der Waals surface area contributed by atoms with Gasteiger partial charge in [0.15, 0.2) is 0 Å². The van der Waals surface area contributed by atoms with Crippen LogP contribution in [0, 0.1) is 0 Å². The van der Waals surface area contributed by atoms with Gasteiger partial charge in [0.05, 0.1) is 12.0 Å². The molecule has 0 aromatic carbocycles. The highest BCUT2D eigenvalue weighted by Gasteiger charge is 2.26. The van der Waals surface area contributed by atoms with Crippen molar-refractivity contribution in [2.45, 2.75) is 12.0 Å². The Morgan fingerprint density at radius 2 is 2.45 bits per heavy atom. The van der Waals surface area contributed by atoms with Crippen molar-refractivity contribution in [3.05, 3.63) is 24.0 Å². The highest BCUT2D eigenvalue weighted by atomic mass is 16.5. The minimum Gasteiger partial charge on any atom is -0.498 e. The Morgan fingerprint density at radius 3 is 3.18 bits per heavy atom. The monoisotopic (exact) mass is 146 g/mol. The van der Waals surface area contributed by atoms with Crippen molar-refractivity contribution >= 4 is 7.85 Å². The van der Waals surface area contributed by atoms with E-state index >= 15 is 0 Å². The number of nitrogens with zero attached hydrogens (tertiary/aromatic N) is 1. The molecule has 3 nitrogen and oxygen atoms in total. The number of nitrogens with two attached hydrogens (primary N) is 1. The Labute approximate surface area is 66.0 Å². The second-order valence-corrected chi connectivity index (χ2v) is 2.52. The predicted molar refractivity (Wildman–Crippen MR) is 41.3 cm³/mol. The average Bonchev–Trinajstić information content (AvgIpc) is 2.30. The third kappa shape index (κ3) is 0.904. The fourth-order valence-electron chi connectivity index (χ4n) is 1.15. The Bertz CT molecular complexity index is 279. The van der Waals surface area contributed by atoms with Gasteiger partial charge in [-0.1, -0.05) is 0 Å². The predicted octanol–water partition coefficient (Wildman–Crippen LogP) is -0.0316. The minimum absolute atomic E-state index is 0.237. The molecule has 2 rings (SSSR count). The average molecular weight is 146 g/mol. The van der Waals surface area contributed by atoms with Crippen molar-refractivity contribution in [3.8, 4) is 5.75 Å². The van der Waals surface area contributed by atoms with Gasteiger partial charge in [0.25, 0.3) is 0 Å². The minimum atomic E-state index is -0.422. The fourth-order valence-corrected chi connectivity index (χ4v) is 1.15. The molecule has 0 fully saturated rings. The Balaban J connectivity index is 2.47. The summed E-state index contributed by atoms with van der Waals surface area (Å²) in [6.45, 7) is 0. The quantitative estimate of drug-likeness (QED) is 0.522. The first-order chi connectivity index (χ1) is 5.29. The van der Waals surface area contributed by atoms with Crippen LogP contribution in [0.3, 0.4) is 0 Å². The van der Waals surface area contributed by atoms with Crippen LogP contribution in [0.4, 0.5) is 0 Å². The number of fused-ring (bicyclic) bond motifs is 1. The van der Waals surface area contributed by atoms with E-state index in [9.17, 15) is 0 Å². The molecule has 2 unspecified atom stereocenters. The molecule has 0 bridgehead atoms. The Hall–Kier alpha value is -1.03. The number of pyridine rings is 1. The van der Waals surface area contributed by atoms with Gasteiger partial charge in [-0.15, -0.1) is 0 Å². The molecule has 1 aliphatic heterocycles. The van der Waals surface area contributed by atoms with Crippen LogP contribution in [0.1, 0.15) is 11.6 Å². The Kier molecular flexibility index (Phi) is 1.36. The molecular formula is C7H7BN2O. The van der Waals surface area contributed by atoms with E-state index < -0.39 is 6.00 Å². The summed E-state index contributed by atoms with van der Waals surface area (Å²) in [7, 11) is 5.55. The maximum absolute atomic E-state index is 5.70. The molecule has 2 atom stereocenters. The van der Waals surface area contributed by atoms with Crippen LogP contribution < -0.4 is 10.5 Å². The van der Waals surface area contributed by atoms with Crippen molar-refractivity contribution in [1.29, 1.82) is 0 Å². The van der Waals surface area contributed by atoms with E-state index in [1.807, 2.05) is 0 Å². The lowest BCUT2D eigenvalue weighted by Gasteiger charge is -2.07. The number of hydrogen-bond donors (Lipinski definition) is 1. The van der Waals surface area contributed by atoms with Gasteiger partial charge in [-0.25, -0.2) is 0 Å². The summed E-state index contributed by atoms with van der Waals surface area (Å²) in [5, 5.41) is 0. The summed E-state index contributed by atoms with van der Waals surface area (Å²) in [6, 6.07) is 1.11. The molecule has 11 heavy (non-hydrogen) atoms. The van der Waals surface area contributed by atoms with E-state index in [0.29, 0.717) is 0 Å². The Morgan fingerprint density at radius 1 is 1.64 bits per heavy atom. The third-order valence-electron chi connectivity index (χ3n) is 1.79. The number of rotatable bonds is 0. The molecule has 2 N–H and O–H groups in total. The van der Waals surface area contributed by atoms with Gasteiger partial charge in [-0.05, 0) is 6.07 Å². The summed E-state index contributed by atoms with van der Waals surface area (Å²) in [5.74, 6) is 0.750. The van der Waals surface area contributed by atoms with Gasteiger partial charge < -0.3 is 10.5 Å². The number of aromatic nitrogens is 1. The zero-order chi connectivity index (χ0) is 7.84. The second kappa shape index (κ2) is 2.24. The molecule has 0 saturated heterocycles. The smallest absolute Gasteiger partial charge is 0.129 e. The van der Waals surface area contributed by atoms with E-state index in [2.05, 4.69) is 4.98 Å². The van der Waals surface area contributed by atoms with Crippen LogP contribution in [-0.2, 0) is 0 Å². The topological polar surface area (TPSA) is 48.1 Å². The maximum atomic E-state index is 5.70. The molecule has 0 saturated carbocycles. The molecule has 4 heteroatoms. The van der Waals surface area contributed by atoms with Gasteiger partial charge in [0, 0.05) is 18.0 Å². The standard InChI is InChI=1S/C7H7BN2O/c8-7-6(9)4-3-10-2-1-5(4)11-7/h1-3,6-7H,9H2. The molecule has 1 aromatic heterocycles. The number of hydrogen-bond acceptors (Lipinski definition) is 3. The lowest BCUT2D eigenvalue weighted by atomic mass is 9.91. The molecule has 0 amide bonds. The summed E-state index contributed by atoms with van der Waals surface area (Å²) in [6.07, 6.45) is 3.34. The number of ether oxygens (including phenoxy) is 1. The third-order valence-corrected chi connectivity index (χ3v) is 1.79. The fraction of sp³-hybridized carbons (Fsp3) is 0.286. The first-order valence-electron chi connectivity index (χ1n) is 3.41. The zero-order valence-electron chi connectivity index (χ0n) is 5.90. The molecule has 2 heterocycles. The van der Waals surface area contributed by atoms with Crippen LogP contribution >= 0.6 is 0 Å². The SMILES string of the molecule is [B]C1Oc2ccncc2C1N. The summed E-state index contributed by atoms with van der Waals surface area (Å²) >= 11 is 0. The lowest BCUT2D eigenvalue weighted by molar-refractivity contribution is 0.290. The van der Waals surface area contributed by atoms with Crippen LogP contribution in [0.2, 0.25) is 0 Å². The molecule has 0 spiro atoms. The first kappa shape index (κ1) is 6.67. The summed E-state index contributed by atoms with van der Waals surface area (Å²) in [5.41, 5.74) is 6.59. The molecule has 1 aliphatic rings. The maximum Gasteiger partial charge on any atom is 0.129 e. The zero-order valence-corrected chi connectivity index (χ0v) is 5.90. The summed E-state index contributed by atoms with van der Waals surface area (Å²) in [4.78, 5) is 3.93. The van der Waals surface area contributed by atoms with Gasteiger partial charge >= 0.3 is 0 Å².